The van der Waals surface area contributed by atoms with E-state index in [-0.39, 0.29) is 23.8 Å². The van der Waals surface area contributed by atoms with Gasteiger partial charge in [0.2, 0.25) is 5.91 Å². The molecule has 0 bridgehead atoms. The van der Waals surface area contributed by atoms with E-state index in [1.807, 2.05) is 63.1 Å². The zero-order chi connectivity index (χ0) is 23.7. The summed E-state index contributed by atoms with van der Waals surface area (Å²) in [6.45, 7) is 9.06. The quantitative estimate of drug-likeness (QED) is 0.712. The first kappa shape index (κ1) is 23.3. The number of carbonyl (C=O) groups is 2. The molecule has 2 N–H and O–H groups in total. The van der Waals surface area contributed by atoms with E-state index >= 15 is 0 Å². The molecule has 176 valence electrons. The molecule has 4 rings (SSSR count). The third-order valence-electron chi connectivity index (χ3n) is 6.93. The van der Waals surface area contributed by atoms with Crippen molar-refractivity contribution >= 4 is 17.5 Å². The molecule has 2 aliphatic rings. The molecule has 4 unspecified atom stereocenters. The van der Waals surface area contributed by atoms with Crippen LogP contribution >= 0.6 is 0 Å². The molecule has 2 heterocycles. The number of piperidine rings is 2. The first-order valence-electron chi connectivity index (χ1n) is 11.9. The number of nitrogens with one attached hydrogen (secondary N) is 2. The summed E-state index contributed by atoms with van der Waals surface area (Å²) in [6.07, 6.45) is 1.87. The van der Waals surface area contributed by atoms with E-state index < -0.39 is 0 Å². The summed E-state index contributed by atoms with van der Waals surface area (Å²) >= 11 is 0. The Balaban J connectivity index is 1.53. The molecule has 0 spiro atoms. The Kier molecular flexibility index (Phi) is 6.75. The molecule has 2 saturated heterocycles. The molecule has 2 amide bonds. The van der Waals surface area contributed by atoms with Crippen LogP contribution in [0.25, 0.3) is 0 Å². The van der Waals surface area contributed by atoms with Gasteiger partial charge < -0.3 is 20.3 Å². The molecule has 2 aromatic carbocycles. The van der Waals surface area contributed by atoms with Crippen LogP contribution in [0.15, 0.2) is 42.5 Å². The summed E-state index contributed by atoms with van der Waals surface area (Å²) in [5.74, 6) is 0.900. The fourth-order valence-corrected chi connectivity index (χ4v) is 5.19. The maximum Gasteiger partial charge on any atom is 0.255 e. The largest absolute Gasteiger partial charge is 0.491 e. The van der Waals surface area contributed by atoms with Crippen LogP contribution in [0.5, 0.6) is 5.75 Å². The van der Waals surface area contributed by atoms with Gasteiger partial charge in [0.25, 0.3) is 5.91 Å². The fourth-order valence-electron chi connectivity index (χ4n) is 5.19. The number of hydrogen-bond donors (Lipinski definition) is 2. The molecule has 0 aliphatic carbocycles. The highest BCUT2D eigenvalue weighted by atomic mass is 16.5. The highest BCUT2D eigenvalue weighted by Crippen LogP contribution is 2.39. The van der Waals surface area contributed by atoms with Crippen molar-refractivity contribution in [2.24, 2.45) is 5.92 Å². The molecule has 33 heavy (non-hydrogen) atoms. The van der Waals surface area contributed by atoms with Gasteiger partial charge in [0, 0.05) is 36.9 Å². The van der Waals surface area contributed by atoms with Crippen molar-refractivity contribution in [3.05, 3.63) is 59.2 Å². The molecule has 6 heteroatoms. The van der Waals surface area contributed by atoms with E-state index in [9.17, 15) is 9.59 Å². The number of likely N-dealkylation sites (tertiary alicyclic amines) is 1. The summed E-state index contributed by atoms with van der Waals surface area (Å²) in [5, 5.41) is 6.57. The lowest BCUT2D eigenvalue weighted by Crippen LogP contribution is -2.57. The van der Waals surface area contributed by atoms with E-state index in [1.54, 1.807) is 12.1 Å². The molecular formula is C27H35N3O3. The van der Waals surface area contributed by atoms with E-state index in [4.69, 9.17) is 4.74 Å². The van der Waals surface area contributed by atoms with Crippen molar-refractivity contribution in [3.63, 3.8) is 0 Å². The van der Waals surface area contributed by atoms with Gasteiger partial charge in [0.1, 0.15) is 5.75 Å². The van der Waals surface area contributed by atoms with Gasteiger partial charge in [-0.15, -0.1) is 0 Å². The highest BCUT2D eigenvalue weighted by molar-refractivity contribution is 6.04. The van der Waals surface area contributed by atoms with Crippen LogP contribution in [0, 0.1) is 12.8 Å². The van der Waals surface area contributed by atoms with Crippen LogP contribution in [-0.4, -0.2) is 48.5 Å². The van der Waals surface area contributed by atoms with Crippen molar-refractivity contribution in [2.75, 3.05) is 18.9 Å². The normalized spacial score (nSPS) is 25.0. The highest BCUT2D eigenvalue weighted by Gasteiger charge is 2.43. The van der Waals surface area contributed by atoms with Crippen LogP contribution in [0.1, 0.15) is 61.0 Å². The van der Waals surface area contributed by atoms with Crippen molar-refractivity contribution < 1.29 is 14.3 Å². The number of hydrogen-bond acceptors (Lipinski definition) is 4. The summed E-state index contributed by atoms with van der Waals surface area (Å²) < 4.78 is 5.71. The van der Waals surface area contributed by atoms with Crippen molar-refractivity contribution in [2.45, 2.75) is 64.6 Å². The predicted molar refractivity (Wildman–Crippen MR) is 131 cm³/mol. The molecule has 0 aromatic heterocycles. The second-order valence-corrected chi connectivity index (χ2v) is 9.83. The number of ether oxygens (including phenoxy) is 1. The average molecular weight is 450 g/mol. The van der Waals surface area contributed by atoms with E-state index in [1.165, 1.54) is 0 Å². The van der Waals surface area contributed by atoms with Crippen LogP contribution < -0.4 is 15.4 Å². The topological polar surface area (TPSA) is 70.7 Å². The van der Waals surface area contributed by atoms with Crippen LogP contribution in [-0.2, 0) is 4.79 Å². The minimum atomic E-state index is -0.198. The number of nitrogens with zero attached hydrogens (tertiary/aromatic N) is 1. The smallest absolute Gasteiger partial charge is 0.255 e. The molecular weight excluding hydrogens is 414 g/mol. The summed E-state index contributed by atoms with van der Waals surface area (Å²) in [4.78, 5) is 28.2. The minimum Gasteiger partial charge on any atom is -0.491 e. The van der Waals surface area contributed by atoms with Gasteiger partial charge in [-0.3, -0.25) is 9.59 Å². The van der Waals surface area contributed by atoms with Gasteiger partial charge in [-0.25, -0.2) is 0 Å². The number of likely N-dealkylation sites (N-methyl/N-ethyl adjacent to an activating group) is 1. The van der Waals surface area contributed by atoms with Gasteiger partial charge in [-0.05, 0) is 87.9 Å². The fraction of sp³-hybridized carbons (Fsp3) is 0.481. The third kappa shape index (κ3) is 5.06. The monoisotopic (exact) mass is 449 g/mol. The summed E-state index contributed by atoms with van der Waals surface area (Å²) in [7, 11) is 1.94. The predicted octanol–water partition coefficient (Wildman–Crippen LogP) is 4.35. The van der Waals surface area contributed by atoms with Crippen molar-refractivity contribution in [1.29, 1.82) is 0 Å². The maximum atomic E-state index is 13.3. The first-order valence-corrected chi connectivity index (χ1v) is 11.9. The van der Waals surface area contributed by atoms with E-state index in [0.717, 1.165) is 30.5 Å². The molecule has 2 fully saturated rings. The Labute approximate surface area is 196 Å². The number of benzene rings is 2. The Morgan fingerprint density at radius 1 is 1.18 bits per heavy atom. The molecule has 2 aliphatic heterocycles. The third-order valence-corrected chi connectivity index (χ3v) is 6.93. The van der Waals surface area contributed by atoms with Crippen LogP contribution in [0.2, 0.25) is 0 Å². The summed E-state index contributed by atoms with van der Waals surface area (Å²) in [6, 6.07) is 13.8. The number of rotatable bonds is 5. The number of anilines is 1. The molecule has 2 aromatic rings. The second kappa shape index (κ2) is 9.56. The Hall–Kier alpha value is -2.86. The maximum absolute atomic E-state index is 13.3. The zero-order valence-corrected chi connectivity index (χ0v) is 20.2. The molecule has 6 nitrogen and oxygen atoms in total. The minimum absolute atomic E-state index is 0.0382. The lowest BCUT2D eigenvalue weighted by atomic mass is 9.75. The average Bonchev–Trinajstić information content (AvgIpc) is 2.78. The molecule has 4 atom stereocenters. The van der Waals surface area contributed by atoms with Crippen LogP contribution in [0.3, 0.4) is 0 Å². The van der Waals surface area contributed by atoms with Crippen molar-refractivity contribution in [1.82, 2.24) is 10.2 Å². The van der Waals surface area contributed by atoms with E-state index in [0.29, 0.717) is 35.0 Å². The first-order chi connectivity index (χ1) is 15.7. The Morgan fingerprint density at radius 2 is 1.97 bits per heavy atom. The van der Waals surface area contributed by atoms with Crippen molar-refractivity contribution in [3.8, 4) is 5.75 Å². The van der Waals surface area contributed by atoms with Gasteiger partial charge in [0.05, 0.1) is 12.0 Å². The SMILES string of the molecule is Cc1ccc(NC(=O)c2cccc(OC(C)C)c2)cc1C1CC2CNC(C)CC2N(C)C1=O. The lowest BCUT2D eigenvalue weighted by Gasteiger charge is -2.47. The molecule has 0 radical (unpaired) electrons. The Bertz CT molecular complexity index is 1040. The zero-order valence-electron chi connectivity index (χ0n) is 20.2. The lowest BCUT2D eigenvalue weighted by molar-refractivity contribution is -0.140. The van der Waals surface area contributed by atoms with Gasteiger partial charge >= 0.3 is 0 Å². The molecule has 0 saturated carbocycles. The van der Waals surface area contributed by atoms with Crippen LogP contribution in [0.4, 0.5) is 5.69 Å². The van der Waals surface area contributed by atoms with E-state index in [2.05, 4.69) is 17.6 Å². The number of amides is 2. The van der Waals surface area contributed by atoms with Gasteiger partial charge in [0.15, 0.2) is 0 Å². The second-order valence-electron chi connectivity index (χ2n) is 9.83. The standard InChI is InChI=1S/C27H35N3O3/c1-16(2)33-22-8-6-7-19(12-22)26(31)29-21-10-9-17(3)23(14-21)24-13-20-15-28-18(4)11-25(20)30(5)27(24)32/h6-10,12,14,16,18,20,24-25,28H,11,13,15H2,1-5H3,(H,29,31). The van der Waals surface area contributed by atoms with Gasteiger partial charge in [-0.1, -0.05) is 12.1 Å². The number of carbonyl (C=O) groups excluding carboxylic acids is 2. The number of fused-ring (bicyclic) bond motifs is 1. The van der Waals surface area contributed by atoms with Gasteiger partial charge in [-0.2, -0.15) is 0 Å². The number of aryl methyl sites for hydroxylation is 1. The Morgan fingerprint density at radius 3 is 2.73 bits per heavy atom. The summed E-state index contributed by atoms with van der Waals surface area (Å²) in [5.41, 5.74) is 3.30.